The quantitative estimate of drug-likeness (QED) is 0.729. The topological polar surface area (TPSA) is 29.0 Å². The molecule has 0 aliphatic heterocycles. The van der Waals surface area contributed by atoms with Crippen LogP contribution in [0.5, 0.6) is 0 Å². The van der Waals surface area contributed by atoms with Gasteiger partial charge in [0.25, 0.3) is 0 Å². The standard InChI is InChI=1S/C16H17N3S/c1-11-8-9-13(20-11)10-19(3)16-15-7-5-4-6-14(15)12(2)17-18-16/h4-9H,10H2,1-3H3. The molecule has 0 fully saturated rings. The van der Waals surface area contributed by atoms with Gasteiger partial charge in [0.2, 0.25) is 0 Å². The summed E-state index contributed by atoms with van der Waals surface area (Å²) in [5, 5.41) is 11.0. The van der Waals surface area contributed by atoms with Crippen molar-refractivity contribution < 1.29 is 0 Å². The van der Waals surface area contributed by atoms with Crippen LogP contribution in [0.25, 0.3) is 10.8 Å². The van der Waals surface area contributed by atoms with Crippen LogP contribution in [0, 0.1) is 13.8 Å². The zero-order valence-corrected chi connectivity index (χ0v) is 12.7. The molecule has 0 bridgehead atoms. The van der Waals surface area contributed by atoms with Crippen molar-refractivity contribution in [1.29, 1.82) is 0 Å². The number of benzene rings is 1. The second-order valence-corrected chi connectivity index (χ2v) is 6.40. The Kier molecular flexibility index (Phi) is 3.40. The molecular formula is C16H17N3S. The molecule has 0 spiro atoms. The van der Waals surface area contributed by atoms with Crippen LogP contribution < -0.4 is 4.90 Å². The Morgan fingerprint density at radius 1 is 1.00 bits per heavy atom. The highest BCUT2D eigenvalue weighted by Crippen LogP contribution is 2.26. The molecule has 2 heterocycles. The Hall–Kier alpha value is -1.94. The maximum atomic E-state index is 4.39. The van der Waals surface area contributed by atoms with Gasteiger partial charge in [-0.1, -0.05) is 24.3 Å². The first-order valence-corrected chi connectivity index (χ1v) is 7.45. The van der Waals surface area contributed by atoms with E-state index in [9.17, 15) is 0 Å². The molecule has 4 heteroatoms. The van der Waals surface area contributed by atoms with E-state index in [2.05, 4.69) is 59.4 Å². The summed E-state index contributed by atoms with van der Waals surface area (Å²) in [4.78, 5) is 4.85. The second-order valence-electron chi connectivity index (χ2n) is 5.02. The molecule has 0 aliphatic rings. The lowest BCUT2D eigenvalue weighted by Gasteiger charge is -2.19. The molecule has 3 rings (SSSR count). The third-order valence-electron chi connectivity index (χ3n) is 3.40. The summed E-state index contributed by atoms with van der Waals surface area (Å²) in [5.41, 5.74) is 0.977. The monoisotopic (exact) mass is 283 g/mol. The molecule has 2 aromatic heterocycles. The van der Waals surface area contributed by atoms with Crippen LogP contribution in [0.3, 0.4) is 0 Å². The Labute approximate surface area is 122 Å². The van der Waals surface area contributed by atoms with E-state index in [4.69, 9.17) is 0 Å². The minimum absolute atomic E-state index is 0.861. The molecular weight excluding hydrogens is 266 g/mol. The van der Waals surface area contributed by atoms with E-state index < -0.39 is 0 Å². The summed E-state index contributed by atoms with van der Waals surface area (Å²) in [7, 11) is 2.07. The van der Waals surface area contributed by atoms with Gasteiger partial charge >= 0.3 is 0 Å². The Morgan fingerprint density at radius 3 is 2.45 bits per heavy atom. The lowest BCUT2D eigenvalue weighted by molar-refractivity contribution is 0.878. The van der Waals surface area contributed by atoms with Crippen LogP contribution in [0.4, 0.5) is 5.82 Å². The van der Waals surface area contributed by atoms with Crippen LogP contribution in [-0.2, 0) is 6.54 Å². The fraction of sp³-hybridized carbons (Fsp3) is 0.250. The molecule has 0 aliphatic carbocycles. The number of nitrogens with zero attached hydrogens (tertiary/aromatic N) is 3. The summed E-state index contributed by atoms with van der Waals surface area (Å²) in [6, 6.07) is 12.7. The maximum absolute atomic E-state index is 4.39. The number of aryl methyl sites for hydroxylation is 2. The van der Waals surface area contributed by atoms with Crippen molar-refractivity contribution >= 4 is 27.9 Å². The number of aromatic nitrogens is 2. The van der Waals surface area contributed by atoms with E-state index in [-0.39, 0.29) is 0 Å². The van der Waals surface area contributed by atoms with E-state index in [0.29, 0.717) is 0 Å². The molecule has 0 N–H and O–H groups in total. The SMILES string of the molecule is Cc1ccc(CN(C)c2nnc(C)c3ccccc23)s1. The van der Waals surface area contributed by atoms with Gasteiger partial charge in [-0.05, 0) is 26.0 Å². The van der Waals surface area contributed by atoms with Crippen LogP contribution in [0.1, 0.15) is 15.4 Å². The first kappa shape index (κ1) is 13.1. The lowest BCUT2D eigenvalue weighted by atomic mass is 10.1. The number of rotatable bonds is 3. The molecule has 20 heavy (non-hydrogen) atoms. The van der Waals surface area contributed by atoms with E-state index in [0.717, 1.165) is 23.4 Å². The van der Waals surface area contributed by atoms with Crippen molar-refractivity contribution in [3.8, 4) is 0 Å². The molecule has 0 saturated carbocycles. The van der Waals surface area contributed by atoms with Crippen molar-refractivity contribution in [3.05, 3.63) is 51.8 Å². The Bertz CT molecular complexity index is 748. The lowest BCUT2D eigenvalue weighted by Crippen LogP contribution is -2.18. The normalized spacial score (nSPS) is 10.9. The average Bonchev–Trinajstić information content (AvgIpc) is 2.84. The van der Waals surface area contributed by atoms with Gasteiger partial charge < -0.3 is 4.90 Å². The predicted octanol–water partition coefficient (Wildman–Crippen LogP) is 3.94. The largest absolute Gasteiger partial charge is 0.353 e. The van der Waals surface area contributed by atoms with Crippen molar-refractivity contribution in [1.82, 2.24) is 10.2 Å². The average molecular weight is 283 g/mol. The molecule has 102 valence electrons. The van der Waals surface area contributed by atoms with Crippen LogP contribution >= 0.6 is 11.3 Å². The Morgan fingerprint density at radius 2 is 1.75 bits per heavy atom. The fourth-order valence-corrected chi connectivity index (χ4v) is 3.33. The van der Waals surface area contributed by atoms with Gasteiger partial charge in [-0.15, -0.1) is 16.4 Å². The zero-order chi connectivity index (χ0) is 14.1. The van der Waals surface area contributed by atoms with Crippen molar-refractivity contribution in [3.63, 3.8) is 0 Å². The van der Waals surface area contributed by atoms with E-state index in [1.165, 1.54) is 15.1 Å². The van der Waals surface area contributed by atoms with Crippen LogP contribution in [0.2, 0.25) is 0 Å². The van der Waals surface area contributed by atoms with E-state index in [1.54, 1.807) is 0 Å². The van der Waals surface area contributed by atoms with Crippen LogP contribution in [-0.4, -0.2) is 17.2 Å². The smallest absolute Gasteiger partial charge is 0.159 e. The minimum atomic E-state index is 0.861. The molecule has 0 amide bonds. The highest BCUT2D eigenvalue weighted by Gasteiger charge is 2.11. The zero-order valence-electron chi connectivity index (χ0n) is 11.9. The van der Waals surface area contributed by atoms with Gasteiger partial charge in [0.05, 0.1) is 12.2 Å². The van der Waals surface area contributed by atoms with Gasteiger partial charge in [0.1, 0.15) is 0 Å². The summed E-state index contributed by atoms with van der Waals surface area (Å²) in [6.45, 7) is 5.00. The molecule has 0 atom stereocenters. The molecule has 0 saturated heterocycles. The number of fused-ring (bicyclic) bond motifs is 1. The summed E-state index contributed by atoms with van der Waals surface area (Å²) < 4.78 is 0. The first-order valence-electron chi connectivity index (χ1n) is 6.63. The highest BCUT2D eigenvalue weighted by molar-refractivity contribution is 7.11. The van der Waals surface area contributed by atoms with Gasteiger partial charge in [0, 0.05) is 27.6 Å². The first-order chi connectivity index (χ1) is 9.65. The Balaban J connectivity index is 1.99. The second kappa shape index (κ2) is 5.21. The number of thiophene rings is 1. The maximum Gasteiger partial charge on any atom is 0.159 e. The fourth-order valence-electron chi connectivity index (χ4n) is 2.38. The molecule has 3 aromatic rings. The van der Waals surface area contributed by atoms with E-state index in [1.807, 2.05) is 24.3 Å². The van der Waals surface area contributed by atoms with Gasteiger partial charge in [-0.2, -0.15) is 5.10 Å². The van der Waals surface area contributed by atoms with Crippen molar-refractivity contribution in [2.75, 3.05) is 11.9 Å². The molecule has 0 unspecified atom stereocenters. The molecule has 0 radical (unpaired) electrons. The number of anilines is 1. The van der Waals surface area contributed by atoms with E-state index >= 15 is 0 Å². The van der Waals surface area contributed by atoms with Gasteiger partial charge in [-0.3, -0.25) is 0 Å². The molecule has 1 aromatic carbocycles. The van der Waals surface area contributed by atoms with Crippen molar-refractivity contribution in [2.24, 2.45) is 0 Å². The molecule has 3 nitrogen and oxygen atoms in total. The number of hydrogen-bond acceptors (Lipinski definition) is 4. The van der Waals surface area contributed by atoms with Gasteiger partial charge in [-0.25, -0.2) is 0 Å². The summed E-state index contributed by atoms with van der Waals surface area (Å²) >= 11 is 1.83. The highest BCUT2D eigenvalue weighted by atomic mass is 32.1. The third kappa shape index (κ3) is 2.39. The van der Waals surface area contributed by atoms with Crippen molar-refractivity contribution in [2.45, 2.75) is 20.4 Å². The van der Waals surface area contributed by atoms with Crippen LogP contribution in [0.15, 0.2) is 36.4 Å². The minimum Gasteiger partial charge on any atom is -0.353 e. The summed E-state index contributed by atoms with van der Waals surface area (Å²) in [5.74, 6) is 0.942. The summed E-state index contributed by atoms with van der Waals surface area (Å²) in [6.07, 6.45) is 0. The van der Waals surface area contributed by atoms with Gasteiger partial charge in [0.15, 0.2) is 5.82 Å². The third-order valence-corrected chi connectivity index (χ3v) is 4.39. The predicted molar refractivity (Wildman–Crippen MR) is 85.4 cm³/mol. The number of hydrogen-bond donors (Lipinski definition) is 0.